The molecule has 0 aromatic heterocycles. The van der Waals surface area contributed by atoms with Crippen LogP contribution in [-0.2, 0) is 0 Å². The maximum absolute atomic E-state index is 10.9. The predicted octanol–water partition coefficient (Wildman–Crippen LogP) is -0.774. The molecule has 1 amide bonds. The molecule has 0 aliphatic carbocycles. The Balaban J connectivity index is 0. The summed E-state index contributed by atoms with van der Waals surface area (Å²) in [4.78, 5) is 10.9. The van der Waals surface area contributed by atoms with Crippen LogP contribution in [0.15, 0.2) is 0 Å². The number of halogens is 2. The van der Waals surface area contributed by atoms with E-state index in [2.05, 4.69) is 0 Å². The predicted molar refractivity (Wildman–Crippen MR) is 43.1 cm³/mol. The zero-order valence-electron chi connectivity index (χ0n) is 7.23. The molecule has 0 fully saturated rings. The van der Waals surface area contributed by atoms with Crippen molar-refractivity contribution in [2.75, 3.05) is 19.6 Å². The summed E-state index contributed by atoms with van der Waals surface area (Å²) in [6, 6.07) is 0. The summed E-state index contributed by atoms with van der Waals surface area (Å²) in [7, 11) is 0. The maximum Gasteiger partial charge on any atom is 0.411 e. The third-order valence-electron chi connectivity index (χ3n) is 2.19. The minimum Gasteiger partial charge on any atom is -1.00 e. The molecule has 0 atom stereocenters. The van der Waals surface area contributed by atoms with Gasteiger partial charge in [0.15, 0.2) is 0 Å². The summed E-state index contributed by atoms with van der Waals surface area (Å²) in [5.41, 5.74) is 0. The van der Waals surface area contributed by atoms with Crippen LogP contribution in [0.2, 0.25) is 0 Å². The zero-order valence-corrected chi connectivity index (χ0v) is 8.74. The number of rotatable bonds is 3. The molecule has 68 valence electrons. The molecule has 0 aliphatic heterocycles. The quantitative estimate of drug-likeness (QED) is 0.332. The Hall–Kier alpha value is 0.210. The second kappa shape index (κ2) is 5.81. The van der Waals surface area contributed by atoms with Crippen LogP contribution in [0.5, 0.6) is 0 Å². The Labute approximate surface area is 79.5 Å². The summed E-state index contributed by atoms with van der Waals surface area (Å²) in [5, 5.41) is -0.243. The first-order chi connectivity index (χ1) is 4.63. The van der Waals surface area contributed by atoms with Crippen molar-refractivity contribution in [2.24, 2.45) is 0 Å². The normalized spacial score (nSPS) is 10.5. The summed E-state index contributed by atoms with van der Waals surface area (Å²) < 4.78 is 0.390. The van der Waals surface area contributed by atoms with Gasteiger partial charge in [0.1, 0.15) is 0 Å². The monoisotopic (exact) mass is 199 g/mol. The van der Waals surface area contributed by atoms with Gasteiger partial charge in [0.05, 0.1) is 19.6 Å². The summed E-state index contributed by atoms with van der Waals surface area (Å²) >= 11 is 5.43. The molecule has 11 heavy (non-hydrogen) atoms. The molecule has 0 aromatic carbocycles. The van der Waals surface area contributed by atoms with Gasteiger partial charge in [0.25, 0.3) is 0 Å². The van der Waals surface area contributed by atoms with Gasteiger partial charge in [-0.05, 0) is 20.8 Å². The molecular weight excluding hydrogens is 185 g/mol. The van der Waals surface area contributed by atoms with Crippen molar-refractivity contribution in [3.8, 4) is 0 Å². The minimum atomic E-state index is -0.243. The van der Waals surface area contributed by atoms with Crippen LogP contribution < -0.4 is 12.4 Å². The Morgan fingerprint density at radius 2 is 1.45 bits per heavy atom. The molecular formula is C7H15Cl2NO. The van der Waals surface area contributed by atoms with Gasteiger partial charge in [-0.25, -0.2) is 9.28 Å². The molecule has 0 aliphatic rings. The van der Waals surface area contributed by atoms with Gasteiger partial charge < -0.3 is 12.4 Å². The molecule has 0 saturated carbocycles. The Morgan fingerprint density at radius 3 is 1.45 bits per heavy atom. The standard InChI is InChI=1S/C7H15ClNO.ClH/c1-4-9(5-2,6-3)7(8)10;/h4-6H2,1-3H3;1H/q+1;/p-1. The molecule has 0 rings (SSSR count). The summed E-state index contributed by atoms with van der Waals surface area (Å²) in [5.74, 6) is 0. The SMILES string of the molecule is CC[N+](CC)(CC)C(=O)Cl.[Cl-]. The molecule has 2 nitrogen and oxygen atoms in total. The van der Waals surface area contributed by atoms with Crippen LogP contribution in [0.4, 0.5) is 4.79 Å². The fourth-order valence-electron chi connectivity index (χ4n) is 1.04. The first-order valence-corrected chi connectivity index (χ1v) is 4.06. The largest absolute Gasteiger partial charge is 1.00 e. The van der Waals surface area contributed by atoms with Gasteiger partial charge in [-0.15, -0.1) is 0 Å². The van der Waals surface area contributed by atoms with E-state index >= 15 is 0 Å². The molecule has 0 bridgehead atoms. The van der Waals surface area contributed by atoms with Crippen molar-refractivity contribution in [1.29, 1.82) is 0 Å². The van der Waals surface area contributed by atoms with E-state index in [0.29, 0.717) is 4.48 Å². The molecule has 0 radical (unpaired) electrons. The van der Waals surface area contributed by atoms with Crippen LogP contribution in [-0.4, -0.2) is 29.5 Å². The highest BCUT2D eigenvalue weighted by atomic mass is 35.5. The highest BCUT2D eigenvalue weighted by Gasteiger charge is 2.28. The van der Waals surface area contributed by atoms with E-state index in [1.165, 1.54) is 0 Å². The number of nitrogens with zero attached hydrogens (tertiary/aromatic N) is 1. The van der Waals surface area contributed by atoms with E-state index in [-0.39, 0.29) is 17.8 Å². The lowest BCUT2D eigenvalue weighted by molar-refractivity contribution is -0.839. The van der Waals surface area contributed by atoms with Crippen LogP contribution in [0, 0.1) is 0 Å². The van der Waals surface area contributed by atoms with Gasteiger partial charge in [-0.3, -0.25) is 0 Å². The lowest BCUT2D eigenvalue weighted by Crippen LogP contribution is -3.00. The van der Waals surface area contributed by atoms with E-state index in [4.69, 9.17) is 11.6 Å². The average Bonchev–Trinajstić information content (AvgIpc) is 1.92. The molecule has 0 unspecified atom stereocenters. The smallest absolute Gasteiger partial charge is 0.411 e. The first-order valence-electron chi connectivity index (χ1n) is 3.69. The van der Waals surface area contributed by atoms with Gasteiger partial charge in [-0.2, -0.15) is 0 Å². The highest BCUT2D eigenvalue weighted by Crippen LogP contribution is 2.10. The number of hydrogen-bond donors (Lipinski definition) is 0. The second-order valence-electron chi connectivity index (χ2n) is 2.35. The Morgan fingerprint density at radius 1 is 1.18 bits per heavy atom. The van der Waals surface area contributed by atoms with Gasteiger partial charge in [-0.1, -0.05) is 0 Å². The van der Waals surface area contributed by atoms with Crippen molar-refractivity contribution >= 4 is 17.0 Å². The first kappa shape index (κ1) is 13.8. The summed E-state index contributed by atoms with van der Waals surface area (Å²) in [6.45, 7) is 8.30. The fraction of sp³-hybridized carbons (Fsp3) is 0.857. The topological polar surface area (TPSA) is 17.1 Å². The number of quaternary nitrogens is 1. The summed E-state index contributed by atoms with van der Waals surface area (Å²) in [6.07, 6.45) is 0. The van der Waals surface area contributed by atoms with Crippen molar-refractivity contribution in [1.82, 2.24) is 0 Å². The van der Waals surface area contributed by atoms with E-state index in [1.807, 2.05) is 20.8 Å². The average molecular weight is 200 g/mol. The van der Waals surface area contributed by atoms with Crippen LogP contribution in [0.3, 0.4) is 0 Å². The molecule has 0 heterocycles. The van der Waals surface area contributed by atoms with Crippen LogP contribution in [0.25, 0.3) is 0 Å². The van der Waals surface area contributed by atoms with Crippen molar-refractivity contribution in [2.45, 2.75) is 20.8 Å². The number of hydrogen-bond acceptors (Lipinski definition) is 1. The molecule has 0 aromatic rings. The van der Waals surface area contributed by atoms with Crippen LogP contribution >= 0.6 is 11.6 Å². The third-order valence-corrected chi connectivity index (χ3v) is 2.55. The van der Waals surface area contributed by atoms with Crippen molar-refractivity contribution in [3.05, 3.63) is 0 Å². The fourth-order valence-corrected chi connectivity index (χ4v) is 1.40. The lowest BCUT2D eigenvalue weighted by Gasteiger charge is -2.29. The maximum atomic E-state index is 10.9. The van der Waals surface area contributed by atoms with Crippen molar-refractivity contribution < 1.29 is 21.7 Å². The van der Waals surface area contributed by atoms with Crippen LogP contribution in [0.1, 0.15) is 20.8 Å². The molecule has 0 saturated heterocycles. The zero-order chi connectivity index (χ0) is 8.20. The van der Waals surface area contributed by atoms with E-state index < -0.39 is 0 Å². The van der Waals surface area contributed by atoms with Gasteiger partial charge in [0.2, 0.25) is 0 Å². The van der Waals surface area contributed by atoms with Gasteiger partial charge in [0, 0.05) is 11.6 Å². The number of amides is 1. The van der Waals surface area contributed by atoms with E-state index in [1.54, 1.807) is 0 Å². The molecule has 0 N–H and O–H groups in total. The van der Waals surface area contributed by atoms with E-state index in [9.17, 15) is 4.79 Å². The number of carbonyl (C=O) groups excluding carboxylic acids is 1. The third kappa shape index (κ3) is 2.97. The van der Waals surface area contributed by atoms with Crippen molar-refractivity contribution in [3.63, 3.8) is 0 Å². The minimum absolute atomic E-state index is 0. The van der Waals surface area contributed by atoms with Gasteiger partial charge >= 0.3 is 5.37 Å². The highest BCUT2D eigenvalue weighted by molar-refractivity contribution is 6.60. The molecule has 0 spiro atoms. The lowest BCUT2D eigenvalue weighted by atomic mass is 10.4. The molecule has 4 heteroatoms. The van der Waals surface area contributed by atoms with E-state index in [0.717, 1.165) is 19.6 Å². The second-order valence-corrected chi connectivity index (χ2v) is 2.67. The number of carbonyl (C=O) groups is 1. The Kier molecular flexibility index (Phi) is 7.28. The Bertz CT molecular complexity index is 115.